The maximum atomic E-state index is 13.2. The molecule has 0 bridgehead atoms. The Morgan fingerprint density at radius 3 is 2.59 bits per heavy atom. The highest BCUT2D eigenvalue weighted by Gasteiger charge is 2.25. The molecule has 4 heteroatoms. The molecule has 0 N–H and O–H groups in total. The molecule has 1 aliphatic carbocycles. The fraction of sp³-hybridized carbons (Fsp3) is 0.385. The third-order valence-electron chi connectivity index (χ3n) is 2.99. The fourth-order valence-corrected chi connectivity index (χ4v) is 1.83. The summed E-state index contributed by atoms with van der Waals surface area (Å²) >= 11 is 0. The van der Waals surface area contributed by atoms with Crippen molar-refractivity contribution in [2.75, 3.05) is 0 Å². The normalized spacial score (nSPS) is 17.5. The second-order valence-corrected chi connectivity index (χ2v) is 4.12. The predicted molar refractivity (Wildman–Crippen MR) is 64.4 cm³/mol. The second kappa shape index (κ2) is 5.17. The molecule has 17 heavy (non-hydrogen) atoms. The van der Waals surface area contributed by atoms with Gasteiger partial charge in [0.1, 0.15) is 0 Å². The molecule has 0 saturated heterocycles. The summed E-state index contributed by atoms with van der Waals surface area (Å²) in [6, 6.07) is 3.88. The van der Waals surface area contributed by atoms with Crippen molar-refractivity contribution in [1.29, 1.82) is 0 Å². The Morgan fingerprint density at radius 1 is 1.29 bits per heavy atom. The SMILES string of the molecule is C/C=N\N=C(\c1ccc(F)c(F)c1)C1CCC1. The van der Waals surface area contributed by atoms with Crippen LogP contribution in [0.15, 0.2) is 28.4 Å². The van der Waals surface area contributed by atoms with E-state index in [4.69, 9.17) is 0 Å². The highest BCUT2D eigenvalue weighted by molar-refractivity contribution is 6.02. The first-order valence-corrected chi connectivity index (χ1v) is 5.73. The molecular weight excluding hydrogens is 222 g/mol. The van der Waals surface area contributed by atoms with Crippen LogP contribution in [0.4, 0.5) is 8.78 Å². The van der Waals surface area contributed by atoms with Crippen molar-refractivity contribution in [2.45, 2.75) is 26.2 Å². The molecule has 1 saturated carbocycles. The Bertz CT molecular complexity index is 462. The van der Waals surface area contributed by atoms with Gasteiger partial charge in [-0.3, -0.25) is 0 Å². The molecule has 1 aliphatic rings. The number of hydrogen-bond acceptors (Lipinski definition) is 2. The monoisotopic (exact) mass is 236 g/mol. The highest BCUT2D eigenvalue weighted by Crippen LogP contribution is 2.31. The van der Waals surface area contributed by atoms with Gasteiger partial charge >= 0.3 is 0 Å². The Hall–Kier alpha value is -1.58. The first-order chi connectivity index (χ1) is 8.22. The van der Waals surface area contributed by atoms with Crippen LogP contribution in [-0.2, 0) is 0 Å². The smallest absolute Gasteiger partial charge is 0.159 e. The first-order valence-electron chi connectivity index (χ1n) is 5.73. The van der Waals surface area contributed by atoms with Gasteiger partial charge in [-0.2, -0.15) is 10.2 Å². The van der Waals surface area contributed by atoms with Gasteiger partial charge in [0.15, 0.2) is 11.6 Å². The molecule has 0 aromatic heterocycles. The first kappa shape index (κ1) is 11.9. The summed E-state index contributed by atoms with van der Waals surface area (Å²) in [5.74, 6) is -1.35. The molecule has 1 aromatic rings. The fourth-order valence-electron chi connectivity index (χ4n) is 1.83. The Balaban J connectivity index is 2.34. The minimum Gasteiger partial charge on any atom is -0.204 e. The quantitative estimate of drug-likeness (QED) is 0.566. The van der Waals surface area contributed by atoms with Crippen molar-refractivity contribution in [3.8, 4) is 0 Å². The minimum atomic E-state index is -0.838. The van der Waals surface area contributed by atoms with Gasteiger partial charge in [0.2, 0.25) is 0 Å². The van der Waals surface area contributed by atoms with Crippen LogP contribution in [0.1, 0.15) is 31.7 Å². The van der Waals surface area contributed by atoms with Crippen molar-refractivity contribution in [3.63, 3.8) is 0 Å². The van der Waals surface area contributed by atoms with E-state index in [0.717, 1.165) is 31.0 Å². The third-order valence-corrected chi connectivity index (χ3v) is 2.99. The third kappa shape index (κ3) is 2.57. The molecule has 0 unspecified atom stereocenters. The Morgan fingerprint density at radius 2 is 2.06 bits per heavy atom. The van der Waals surface area contributed by atoms with E-state index in [2.05, 4.69) is 10.2 Å². The van der Waals surface area contributed by atoms with E-state index in [0.29, 0.717) is 11.5 Å². The summed E-state index contributed by atoms with van der Waals surface area (Å²) in [6.07, 6.45) is 4.82. The number of nitrogens with zero attached hydrogens (tertiary/aromatic N) is 2. The summed E-state index contributed by atoms with van der Waals surface area (Å²) in [4.78, 5) is 0. The Labute approximate surface area is 99.1 Å². The number of benzene rings is 1. The standard InChI is InChI=1S/C13H14F2N2/c1-2-16-17-13(9-4-3-5-9)10-6-7-11(14)12(15)8-10/h2,6-9H,3-5H2,1H3/b16-2-,17-13+. The van der Waals surface area contributed by atoms with E-state index in [9.17, 15) is 8.78 Å². The van der Waals surface area contributed by atoms with E-state index in [1.54, 1.807) is 19.2 Å². The molecule has 2 rings (SSSR count). The summed E-state index contributed by atoms with van der Waals surface area (Å²) in [7, 11) is 0. The lowest BCUT2D eigenvalue weighted by Crippen LogP contribution is -2.23. The zero-order valence-electron chi connectivity index (χ0n) is 9.66. The Kier molecular flexibility index (Phi) is 3.61. The molecule has 0 heterocycles. The van der Waals surface area contributed by atoms with E-state index in [1.165, 1.54) is 6.07 Å². The van der Waals surface area contributed by atoms with Crippen molar-refractivity contribution in [3.05, 3.63) is 35.4 Å². The van der Waals surface area contributed by atoms with Crippen LogP contribution in [0.3, 0.4) is 0 Å². The van der Waals surface area contributed by atoms with Gasteiger partial charge < -0.3 is 0 Å². The molecule has 1 aromatic carbocycles. The molecule has 2 nitrogen and oxygen atoms in total. The molecular formula is C13H14F2N2. The second-order valence-electron chi connectivity index (χ2n) is 4.12. The van der Waals surface area contributed by atoms with Gasteiger partial charge in [0.05, 0.1) is 5.71 Å². The molecule has 0 spiro atoms. The summed E-state index contributed by atoms with van der Waals surface area (Å²) in [5, 5.41) is 7.95. The lowest BCUT2D eigenvalue weighted by Gasteiger charge is -2.26. The number of rotatable bonds is 3. The van der Waals surface area contributed by atoms with E-state index >= 15 is 0 Å². The molecule has 0 atom stereocenters. The van der Waals surface area contributed by atoms with Gasteiger partial charge in [0.25, 0.3) is 0 Å². The van der Waals surface area contributed by atoms with Crippen LogP contribution < -0.4 is 0 Å². The van der Waals surface area contributed by atoms with Crippen molar-refractivity contribution >= 4 is 11.9 Å². The zero-order valence-corrected chi connectivity index (χ0v) is 9.66. The molecule has 0 aliphatic heterocycles. The minimum absolute atomic E-state index is 0.323. The number of hydrogen-bond donors (Lipinski definition) is 0. The molecule has 90 valence electrons. The maximum Gasteiger partial charge on any atom is 0.159 e. The van der Waals surface area contributed by atoms with Gasteiger partial charge in [-0.25, -0.2) is 8.78 Å². The summed E-state index contributed by atoms with van der Waals surface area (Å²) in [5.41, 5.74) is 1.38. The lowest BCUT2D eigenvalue weighted by molar-refractivity contribution is 0.413. The molecule has 0 radical (unpaired) electrons. The van der Waals surface area contributed by atoms with Gasteiger partial charge in [-0.15, -0.1) is 0 Å². The number of halogens is 2. The van der Waals surface area contributed by atoms with E-state index < -0.39 is 11.6 Å². The average molecular weight is 236 g/mol. The van der Waals surface area contributed by atoms with Gasteiger partial charge in [-0.1, -0.05) is 6.42 Å². The van der Waals surface area contributed by atoms with Crippen LogP contribution in [0.2, 0.25) is 0 Å². The van der Waals surface area contributed by atoms with Crippen LogP contribution in [0, 0.1) is 17.6 Å². The summed E-state index contributed by atoms with van der Waals surface area (Å²) < 4.78 is 26.0. The van der Waals surface area contributed by atoms with E-state index in [1.807, 2.05) is 0 Å². The van der Waals surface area contributed by atoms with Gasteiger partial charge in [-0.05, 0) is 38.0 Å². The molecule has 0 amide bonds. The molecule has 1 fully saturated rings. The van der Waals surface area contributed by atoms with Crippen LogP contribution in [0.25, 0.3) is 0 Å². The van der Waals surface area contributed by atoms with Crippen LogP contribution in [0.5, 0.6) is 0 Å². The average Bonchev–Trinajstić information content (AvgIpc) is 2.25. The zero-order chi connectivity index (χ0) is 12.3. The highest BCUT2D eigenvalue weighted by atomic mass is 19.2. The van der Waals surface area contributed by atoms with Crippen molar-refractivity contribution < 1.29 is 8.78 Å². The van der Waals surface area contributed by atoms with Crippen LogP contribution >= 0.6 is 0 Å². The lowest BCUT2D eigenvalue weighted by atomic mass is 9.79. The van der Waals surface area contributed by atoms with E-state index in [-0.39, 0.29) is 0 Å². The summed E-state index contributed by atoms with van der Waals surface area (Å²) in [6.45, 7) is 1.77. The maximum absolute atomic E-state index is 13.2. The largest absolute Gasteiger partial charge is 0.204 e. The topological polar surface area (TPSA) is 24.7 Å². The predicted octanol–water partition coefficient (Wildman–Crippen LogP) is 3.56. The van der Waals surface area contributed by atoms with Crippen molar-refractivity contribution in [2.24, 2.45) is 16.1 Å². The van der Waals surface area contributed by atoms with Crippen LogP contribution in [-0.4, -0.2) is 11.9 Å². The van der Waals surface area contributed by atoms with Gasteiger partial charge in [0, 0.05) is 17.7 Å². The van der Waals surface area contributed by atoms with Crippen molar-refractivity contribution in [1.82, 2.24) is 0 Å².